The highest BCUT2D eigenvalue weighted by Crippen LogP contribution is 2.23. The van der Waals surface area contributed by atoms with Gasteiger partial charge >= 0.3 is 0 Å². The molecule has 2 rings (SSSR count). The Kier molecular flexibility index (Phi) is 7.74. The van der Waals surface area contributed by atoms with E-state index in [4.69, 9.17) is 0 Å². The van der Waals surface area contributed by atoms with Crippen LogP contribution in [0.5, 0.6) is 0 Å². The Hall–Kier alpha value is -2.22. The Morgan fingerprint density at radius 3 is 2.36 bits per heavy atom. The van der Waals surface area contributed by atoms with E-state index in [1.54, 1.807) is 25.1 Å². The van der Waals surface area contributed by atoms with Gasteiger partial charge < -0.3 is 10.6 Å². The van der Waals surface area contributed by atoms with E-state index in [2.05, 4.69) is 5.32 Å². The number of anilines is 1. The maximum atomic E-state index is 12.8. The molecule has 28 heavy (non-hydrogen) atoms. The normalized spacial score (nSPS) is 12.8. The van der Waals surface area contributed by atoms with E-state index in [0.717, 1.165) is 5.56 Å². The second kappa shape index (κ2) is 9.82. The van der Waals surface area contributed by atoms with E-state index in [1.807, 2.05) is 56.4 Å². The highest BCUT2D eigenvalue weighted by Gasteiger charge is 2.24. The Bertz CT molecular complexity index is 894. The summed E-state index contributed by atoms with van der Waals surface area (Å²) in [4.78, 5) is 12.6. The summed E-state index contributed by atoms with van der Waals surface area (Å²) in [6.45, 7) is 8.49. The summed E-state index contributed by atoms with van der Waals surface area (Å²) in [5.41, 5.74) is 2.30. The zero-order valence-electron chi connectivity index (χ0n) is 17.0. The first-order valence-corrected chi connectivity index (χ1v) is 11.0. The number of sulfonamides is 1. The SMILES string of the molecule is CCN(CC)S(=O)(=O)c1cc(NC(=O)C[NH2+][C@@H](C)c2ccccc2)ccc1C. The zero-order chi connectivity index (χ0) is 20.7. The van der Waals surface area contributed by atoms with Crippen LogP contribution in [0, 0.1) is 6.92 Å². The van der Waals surface area contributed by atoms with Gasteiger partial charge in [0.05, 0.1) is 4.90 Å². The van der Waals surface area contributed by atoms with E-state index >= 15 is 0 Å². The number of carbonyl (C=O) groups is 1. The van der Waals surface area contributed by atoms with Crippen molar-refractivity contribution in [2.75, 3.05) is 25.0 Å². The third-order valence-corrected chi connectivity index (χ3v) is 6.97. The number of rotatable bonds is 9. The third kappa shape index (κ3) is 5.41. The van der Waals surface area contributed by atoms with Crippen molar-refractivity contribution in [2.45, 2.75) is 38.6 Å². The first-order chi connectivity index (χ1) is 13.3. The molecule has 0 bridgehead atoms. The minimum absolute atomic E-state index is 0.156. The molecule has 0 heterocycles. The highest BCUT2D eigenvalue weighted by atomic mass is 32.2. The molecular weight excluding hydrogens is 374 g/mol. The maximum Gasteiger partial charge on any atom is 0.279 e. The number of benzene rings is 2. The Morgan fingerprint density at radius 2 is 1.75 bits per heavy atom. The van der Waals surface area contributed by atoms with Crippen LogP contribution in [0.1, 0.15) is 37.9 Å². The third-order valence-electron chi connectivity index (χ3n) is 4.78. The van der Waals surface area contributed by atoms with Gasteiger partial charge in [-0.3, -0.25) is 4.79 Å². The molecule has 1 atom stereocenters. The lowest BCUT2D eigenvalue weighted by atomic mass is 10.1. The number of hydrogen-bond donors (Lipinski definition) is 2. The van der Waals surface area contributed by atoms with Crippen LogP contribution in [0.3, 0.4) is 0 Å². The number of hydrogen-bond acceptors (Lipinski definition) is 3. The monoisotopic (exact) mass is 404 g/mol. The number of amides is 1. The molecule has 7 heteroatoms. The lowest BCUT2D eigenvalue weighted by Gasteiger charge is -2.20. The Labute approximate surface area is 168 Å². The lowest BCUT2D eigenvalue weighted by molar-refractivity contribution is -0.682. The molecule has 6 nitrogen and oxygen atoms in total. The molecule has 152 valence electrons. The summed E-state index contributed by atoms with van der Waals surface area (Å²) in [6.07, 6.45) is 0. The van der Waals surface area contributed by atoms with Crippen molar-refractivity contribution in [3.05, 3.63) is 59.7 Å². The summed E-state index contributed by atoms with van der Waals surface area (Å²) in [6, 6.07) is 15.1. The minimum atomic E-state index is -3.58. The highest BCUT2D eigenvalue weighted by molar-refractivity contribution is 7.89. The molecule has 0 saturated heterocycles. The summed E-state index contributed by atoms with van der Waals surface area (Å²) in [7, 11) is -3.58. The van der Waals surface area contributed by atoms with Crippen LogP contribution in [0.2, 0.25) is 0 Å². The lowest BCUT2D eigenvalue weighted by Crippen LogP contribution is -2.86. The first-order valence-electron chi connectivity index (χ1n) is 9.58. The van der Waals surface area contributed by atoms with Crippen LogP contribution in [0.25, 0.3) is 0 Å². The molecule has 0 aromatic heterocycles. The van der Waals surface area contributed by atoms with Crippen molar-refractivity contribution in [1.82, 2.24) is 4.31 Å². The predicted octanol–water partition coefficient (Wildman–Crippen LogP) is 2.29. The summed E-state index contributed by atoms with van der Waals surface area (Å²) >= 11 is 0. The fraction of sp³-hybridized carbons (Fsp3) is 0.381. The van der Waals surface area contributed by atoms with Crippen molar-refractivity contribution in [2.24, 2.45) is 0 Å². The van der Waals surface area contributed by atoms with Gasteiger partial charge in [-0.2, -0.15) is 4.31 Å². The van der Waals surface area contributed by atoms with Crippen LogP contribution in [-0.4, -0.2) is 38.3 Å². The van der Waals surface area contributed by atoms with Crippen LogP contribution < -0.4 is 10.6 Å². The molecule has 0 spiro atoms. The quantitative estimate of drug-likeness (QED) is 0.673. The van der Waals surface area contributed by atoms with Gasteiger partial charge in [0.2, 0.25) is 10.0 Å². The predicted molar refractivity (Wildman–Crippen MR) is 112 cm³/mol. The molecule has 0 aliphatic heterocycles. The van der Waals surface area contributed by atoms with Crippen LogP contribution in [0.4, 0.5) is 5.69 Å². The van der Waals surface area contributed by atoms with E-state index in [1.165, 1.54) is 4.31 Å². The van der Waals surface area contributed by atoms with Crippen LogP contribution >= 0.6 is 0 Å². The number of aryl methyl sites for hydroxylation is 1. The average molecular weight is 405 g/mol. The zero-order valence-corrected chi connectivity index (χ0v) is 17.8. The summed E-state index contributed by atoms with van der Waals surface area (Å²) in [5, 5.41) is 4.76. The number of carbonyl (C=O) groups excluding carboxylic acids is 1. The molecule has 1 amide bonds. The number of nitrogens with zero attached hydrogens (tertiary/aromatic N) is 1. The number of nitrogens with two attached hydrogens (primary N) is 1. The van der Waals surface area contributed by atoms with Crippen molar-refractivity contribution in [1.29, 1.82) is 0 Å². The van der Waals surface area contributed by atoms with Crippen LogP contribution in [-0.2, 0) is 14.8 Å². The molecule has 0 fully saturated rings. The molecule has 2 aromatic carbocycles. The Balaban J connectivity index is 2.07. The molecule has 0 aliphatic rings. The van der Waals surface area contributed by atoms with Gasteiger partial charge in [0.15, 0.2) is 6.54 Å². The molecule has 2 aromatic rings. The first kappa shape index (κ1) is 22.1. The average Bonchev–Trinajstić information content (AvgIpc) is 2.69. The molecule has 0 aliphatic carbocycles. The minimum Gasteiger partial charge on any atom is -0.333 e. The molecule has 0 unspecified atom stereocenters. The largest absolute Gasteiger partial charge is 0.333 e. The Morgan fingerprint density at radius 1 is 1.11 bits per heavy atom. The van der Waals surface area contributed by atoms with Gasteiger partial charge in [-0.25, -0.2) is 8.42 Å². The van der Waals surface area contributed by atoms with E-state index in [-0.39, 0.29) is 23.4 Å². The smallest absolute Gasteiger partial charge is 0.279 e. The standard InChI is InChI=1S/C21H29N3O3S/c1-5-24(6-2)28(26,27)20-14-19(13-12-16(20)3)23-21(25)15-22-17(4)18-10-8-7-9-11-18/h7-14,17,22H,5-6,15H2,1-4H3,(H,23,25)/p+1/t17-/m0/s1. The maximum absolute atomic E-state index is 12.8. The van der Waals surface area contributed by atoms with Gasteiger partial charge in [0.1, 0.15) is 6.04 Å². The summed E-state index contributed by atoms with van der Waals surface area (Å²) in [5.74, 6) is -0.169. The van der Waals surface area contributed by atoms with Gasteiger partial charge in [-0.15, -0.1) is 0 Å². The van der Waals surface area contributed by atoms with Crippen molar-refractivity contribution in [3.8, 4) is 0 Å². The second-order valence-electron chi connectivity index (χ2n) is 6.76. The molecule has 3 N–H and O–H groups in total. The van der Waals surface area contributed by atoms with Crippen molar-refractivity contribution < 1.29 is 18.5 Å². The van der Waals surface area contributed by atoms with Crippen molar-refractivity contribution in [3.63, 3.8) is 0 Å². The van der Waals surface area contributed by atoms with Crippen LogP contribution in [0.15, 0.2) is 53.4 Å². The van der Waals surface area contributed by atoms with E-state index in [9.17, 15) is 13.2 Å². The molecule has 0 saturated carbocycles. The fourth-order valence-corrected chi connectivity index (χ4v) is 4.76. The fourth-order valence-electron chi connectivity index (χ4n) is 3.05. The van der Waals surface area contributed by atoms with Gasteiger partial charge in [0, 0.05) is 24.3 Å². The van der Waals surface area contributed by atoms with Gasteiger partial charge in [-0.1, -0.05) is 50.2 Å². The van der Waals surface area contributed by atoms with Gasteiger partial charge in [-0.05, 0) is 31.5 Å². The van der Waals surface area contributed by atoms with Gasteiger partial charge in [0.25, 0.3) is 5.91 Å². The summed E-state index contributed by atoms with van der Waals surface area (Å²) < 4.78 is 27.1. The second-order valence-corrected chi connectivity index (χ2v) is 8.66. The number of quaternary nitrogens is 1. The molecule has 0 radical (unpaired) electrons. The van der Waals surface area contributed by atoms with E-state index < -0.39 is 10.0 Å². The molecular formula is C21H30N3O3S+. The van der Waals surface area contributed by atoms with Crippen molar-refractivity contribution >= 4 is 21.6 Å². The number of nitrogens with one attached hydrogen (secondary N) is 1. The topological polar surface area (TPSA) is 83.1 Å². The van der Waals surface area contributed by atoms with E-state index in [0.29, 0.717) is 24.3 Å².